The van der Waals surface area contributed by atoms with Crippen LogP contribution < -0.4 is 16.2 Å². The molecule has 0 saturated carbocycles. The zero-order chi connectivity index (χ0) is 12.7. The average Bonchev–Trinajstić information content (AvgIpc) is 2.36. The van der Waals surface area contributed by atoms with Crippen molar-refractivity contribution in [1.29, 1.82) is 0 Å². The van der Waals surface area contributed by atoms with Crippen LogP contribution in [0.4, 0.5) is 0 Å². The molecule has 5 heteroatoms. The lowest BCUT2D eigenvalue weighted by Crippen LogP contribution is -2.48. The number of hydrogen-bond donors (Lipinski definition) is 3. The van der Waals surface area contributed by atoms with Gasteiger partial charge in [0.2, 0.25) is 11.8 Å². The van der Waals surface area contributed by atoms with E-state index in [-0.39, 0.29) is 23.7 Å². The Hall–Kier alpha value is -1.10. The van der Waals surface area contributed by atoms with Crippen LogP contribution in [0.1, 0.15) is 39.5 Å². The number of hydrogen-bond acceptors (Lipinski definition) is 3. The first kappa shape index (κ1) is 14.0. The van der Waals surface area contributed by atoms with Crippen molar-refractivity contribution in [1.82, 2.24) is 16.2 Å². The van der Waals surface area contributed by atoms with Gasteiger partial charge in [0.05, 0.1) is 0 Å². The van der Waals surface area contributed by atoms with E-state index in [2.05, 4.69) is 16.2 Å². The summed E-state index contributed by atoms with van der Waals surface area (Å²) in [6.45, 7) is 5.66. The highest BCUT2D eigenvalue weighted by Gasteiger charge is 2.21. The first-order chi connectivity index (χ1) is 8.15. The molecule has 0 aromatic rings. The zero-order valence-corrected chi connectivity index (χ0v) is 10.7. The third-order valence-electron chi connectivity index (χ3n) is 3.19. The maximum Gasteiger partial charge on any atom is 0.241 e. The molecule has 0 bridgehead atoms. The molecule has 2 amide bonds. The number of carbonyl (C=O) groups excluding carboxylic acids is 2. The maximum absolute atomic E-state index is 11.7. The summed E-state index contributed by atoms with van der Waals surface area (Å²) < 4.78 is 0. The molecule has 0 aliphatic carbocycles. The Morgan fingerprint density at radius 3 is 2.53 bits per heavy atom. The van der Waals surface area contributed by atoms with Crippen LogP contribution in [-0.2, 0) is 9.59 Å². The first-order valence-electron chi connectivity index (χ1n) is 6.45. The van der Waals surface area contributed by atoms with Crippen molar-refractivity contribution in [2.24, 2.45) is 11.8 Å². The lowest BCUT2D eigenvalue weighted by Gasteiger charge is -2.22. The molecule has 1 unspecified atom stereocenters. The number of nitrogens with one attached hydrogen (secondary N) is 3. The van der Waals surface area contributed by atoms with Crippen molar-refractivity contribution in [3.05, 3.63) is 0 Å². The largest absolute Gasteiger partial charge is 0.317 e. The second-order valence-electron chi connectivity index (χ2n) is 4.69. The number of hydrazine groups is 1. The fourth-order valence-corrected chi connectivity index (χ4v) is 2.00. The van der Waals surface area contributed by atoms with Crippen molar-refractivity contribution in [3.8, 4) is 0 Å². The van der Waals surface area contributed by atoms with Gasteiger partial charge < -0.3 is 5.32 Å². The summed E-state index contributed by atoms with van der Waals surface area (Å²) in [7, 11) is 0. The first-order valence-corrected chi connectivity index (χ1v) is 6.45. The molecule has 1 rings (SSSR count). The standard InChI is InChI=1S/C12H23N3O2/c1-3-4-9(2)11(16)14-15-12(17)10-5-7-13-8-6-10/h9-10,13H,3-8H2,1-2H3,(H,14,16)(H,15,17). The van der Waals surface area contributed by atoms with Crippen LogP contribution in [0.5, 0.6) is 0 Å². The molecule has 0 aromatic carbocycles. The van der Waals surface area contributed by atoms with E-state index < -0.39 is 0 Å². The lowest BCUT2D eigenvalue weighted by molar-refractivity contribution is -0.133. The van der Waals surface area contributed by atoms with E-state index in [4.69, 9.17) is 0 Å². The predicted octanol–water partition coefficient (Wildman–Crippen LogP) is 0.570. The molecule has 1 aliphatic rings. The predicted molar refractivity (Wildman–Crippen MR) is 66.0 cm³/mol. The summed E-state index contributed by atoms with van der Waals surface area (Å²) in [5.41, 5.74) is 5.03. The fourth-order valence-electron chi connectivity index (χ4n) is 2.00. The molecule has 1 aliphatic heterocycles. The Morgan fingerprint density at radius 1 is 1.29 bits per heavy atom. The van der Waals surface area contributed by atoms with Gasteiger partial charge in [0.15, 0.2) is 0 Å². The Balaban J connectivity index is 2.24. The summed E-state index contributed by atoms with van der Waals surface area (Å²) in [6.07, 6.45) is 3.49. The van der Waals surface area contributed by atoms with Crippen molar-refractivity contribution in [2.45, 2.75) is 39.5 Å². The minimum absolute atomic E-state index is 0.0260. The monoisotopic (exact) mass is 241 g/mol. The van der Waals surface area contributed by atoms with E-state index in [1.807, 2.05) is 13.8 Å². The molecular weight excluding hydrogens is 218 g/mol. The molecule has 1 saturated heterocycles. The van der Waals surface area contributed by atoms with E-state index in [0.717, 1.165) is 38.8 Å². The van der Waals surface area contributed by atoms with Gasteiger partial charge in [-0.15, -0.1) is 0 Å². The van der Waals surface area contributed by atoms with Crippen LogP contribution in [0.15, 0.2) is 0 Å². The van der Waals surface area contributed by atoms with Gasteiger partial charge in [0, 0.05) is 11.8 Å². The van der Waals surface area contributed by atoms with E-state index >= 15 is 0 Å². The van der Waals surface area contributed by atoms with Crippen LogP contribution in [0.3, 0.4) is 0 Å². The fraction of sp³-hybridized carbons (Fsp3) is 0.833. The SMILES string of the molecule is CCCC(C)C(=O)NNC(=O)C1CCNCC1. The topological polar surface area (TPSA) is 70.2 Å². The van der Waals surface area contributed by atoms with E-state index in [9.17, 15) is 9.59 Å². The van der Waals surface area contributed by atoms with Crippen LogP contribution in [-0.4, -0.2) is 24.9 Å². The molecular formula is C12H23N3O2. The Kier molecular flexibility index (Phi) is 5.97. The van der Waals surface area contributed by atoms with Crippen LogP contribution in [0.25, 0.3) is 0 Å². The summed E-state index contributed by atoms with van der Waals surface area (Å²) in [6, 6.07) is 0. The molecule has 1 heterocycles. The Bertz CT molecular complexity index is 262. The van der Waals surface area contributed by atoms with Gasteiger partial charge in [0.25, 0.3) is 0 Å². The molecule has 98 valence electrons. The van der Waals surface area contributed by atoms with Crippen molar-refractivity contribution in [3.63, 3.8) is 0 Å². The highest BCUT2D eigenvalue weighted by Crippen LogP contribution is 2.11. The molecule has 1 fully saturated rings. The molecule has 17 heavy (non-hydrogen) atoms. The van der Waals surface area contributed by atoms with Crippen LogP contribution in [0.2, 0.25) is 0 Å². The third kappa shape index (κ3) is 4.73. The normalized spacial score (nSPS) is 18.5. The van der Waals surface area contributed by atoms with Crippen LogP contribution >= 0.6 is 0 Å². The van der Waals surface area contributed by atoms with E-state index in [1.165, 1.54) is 0 Å². The number of amides is 2. The van der Waals surface area contributed by atoms with Gasteiger partial charge in [-0.05, 0) is 32.4 Å². The highest BCUT2D eigenvalue weighted by molar-refractivity contribution is 5.84. The van der Waals surface area contributed by atoms with E-state index in [1.54, 1.807) is 0 Å². The van der Waals surface area contributed by atoms with Gasteiger partial charge in [-0.25, -0.2) is 0 Å². The Morgan fingerprint density at radius 2 is 1.94 bits per heavy atom. The smallest absolute Gasteiger partial charge is 0.241 e. The highest BCUT2D eigenvalue weighted by atomic mass is 16.2. The minimum Gasteiger partial charge on any atom is -0.317 e. The summed E-state index contributed by atoms with van der Waals surface area (Å²) in [5.74, 6) is -0.191. The maximum atomic E-state index is 11.7. The number of rotatable bonds is 4. The molecule has 1 atom stereocenters. The van der Waals surface area contributed by atoms with Gasteiger partial charge in [0.1, 0.15) is 0 Å². The van der Waals surface area contributed by atoms with Crippen molar-refractivity contribution < 1.29 is 9.59 Å². The third-order valence-corrected chi connectivity index (χ3v) is 3.19. The minimum atomic E-state index is -0.103. The van der Waals surface area contributed by atoms with E-state index in [0.29, 0.717) is 0 Å². The molecule has 5 nitrogen and oxygen atoms in total. The Labute approximate surface area is 103 Å². The number of carbonyl (C=O) groups is 2. The van der Waals surface area contributed by atoms with Crippen molar-refractivity contribution >= 4 is 11.8 Å². The van der Waals surface area contributed by atoms with Gasteiger partial charge in [-0.2, -0.15) is 0 Å². The summed E-state index contributed by atoms with van der Waals surface area (Å²) in [4.78, 5) is 23.3. The molecule has 3 N–H and O–H groups in total. The van der Waals surface area contributed by atoms with Crippen molar-refractivity contribution in [2.75, 3.05) is 13.1 Å². The zero-order valence-electron chi connectivity index (χ0n) is 10.7. The van der Waals surface area contributed by atoms with Gasteiger partial charge in [-0.3, -0.25) is 20.4 Å². The number of piperidine rings is 1. The van der Waals surface area contributed by atoms with Gasteiger partial charge >= 0.3 is 0 Å². The molecule has 0 aromatic heterocycles. The summed E-state index contributed by atoms with van der Waals surface area (Å²) >= 11 is 0. The quantitative estimate of drug-likeness (QED) is 0.630. The van der Waals surface area contributed by atoms with Crippen LogP contribution in [0, 0.1) is 11.8 Å². The second-order valence-corrected chi connectivity index (χ2v) is 4.69. The van der Waals surface area contributed by atoms with Gasteiger partial charge in [-0.1, -0.05) is 20.3 Å². The summed E-state index contributed by atoms with van der Waals surface area (Å²) in [5, 5.41) is 3.20. The molecule has 0 spiro atoms. The lowest BCUT2D eigenvalue weighted by atomic mass is 9.98. The second kappa shape index (κ2) is 7.27. The molecule has 0 radical (unpaired) electrons. The average molecular weight is 241 g/mol.